The molecule has 3 fully saturated rings. The molecule has 0 unspecified atom stereocenters. The minimum atomic E-state index is -0.219. The number of imide groups is 1. The highest BCUT2D eigenvalue weighted by Gasteiger charge is 2.34. The van der Waals surface area contributed by atoms with Crippen molar-refractivity contribution in [3.63, 3.8) is 0 Å². The predicted molar refractivity (Wildman–Crippen MR) is 91.7 cm³/mol. The molecule has 0 aliphatic carbocycles. The second kappa shape index (κ2) is 8.87. The van der Waals surface area contributed by atoms with Crippen molar-refractivity contribution in [1.82, 2.24) is 19.6 Å². The van der Waals surface area contributed by atoms with E-state index < -0.39 is 0 Å². The summed E-state index contributed by atoms with van der Waals surface area (Å²) in [6, 6.07) is -0.219. The molecule has 3 saturated heterocycles. The van der Waals surface area contributed by atoms with Gasteiger partial charge in [-0.2, -0.15) is 0 Å². The van der Waals surface area contributed by atoms with Gasteiger partial charge in [0.05, 0.1) is 33.0 Å². The van der Waals surface area contributed by atoms with Crippen LogP contribution in [0.2, 0.25) is 0 Å². The number of carbonyl (C=O) groups is 2. The lowest BCUT2D eigenvalue weighted by atomic mass is 10.4. The van der Waals surface area contributed by atoms with Crippen LogP contribution in [-0.2, 0) is 14.3 Å². The molecule has 0 aromatic heterocycles. The van der Waals surface area contributed by atoms with E-state index in [0.29, 0.717) is 13.1 Å². The number of hydrogen-bond donors (Lipinski definition) is 0. The minimum absolute atomic E-state index is 0.142. The number of ether oxygens (including phenoxy) is 2. The molecular weight excluding hydrogens is 324 g/mol. The molecule has 0 atom stereocenters. The number of rotatable bonds is 6. The molecule has 3 aliphatic rings. The van der Waals surface area contributed by atoms with Gasteiger partial charge in [-0.1, -0.05) is 0 Å². The molecule has 0 aromatic rings. The Balaban J connectivity index is 1.44. The topological polar surface area (TPSA) is 65.6 Å². The lowest BCUT2D eigenvalue weighted by molar-refractivity contribution is -0.124. The summed E-state index contributed by atoms with van der Waals surface area (Å²) in [7, 11) is 0. The Morgan fingerprint density at radius 2 is 1.32 bits per heavy atom. The Hall–Kier alpha value is -2.06. The Labute approximate surface area is 148 Å². The third kappa shape index (κ3) is 4.96. The first-order valence-electron chi connectivity index (χ1n) is 8.80. The standard InChI is InChI=1S/C17H26N4O4/c22-16-15-20(5-1-3-18-7-11-24-12-8-18)17(23)21(16)6-2-4-19-9-13-25-14-10-19/h1-4H,5-15H2. The van der Waals surface area contributed by atoms with E-state index in [9.17, 15) is 9.59 Å². The molecule has 0 aromatic carbocycles. The molecule has 3 heterocycles. The van der Waals surface area contributed by atoms with Gasteiger partial charge in [0.15, 0.2) is 0 Å². The summed E-state index contributed by atoms with van der Waals surface area (Å²) in [4.78, 5) is 31.6. The summed E-state index contributed by atoms with van der Waals surface area (Å²) in [6.45, 7) is 7.23. The first kappa shape index (κ1) is 17.8. The van der Waals surface area contributed by atoms with Gasteiger partial charge >= 0.3 is 6.03 Å². The van der Waals surface area contributed by atoms with E-state index in [1.54, 1.807) is 4.90 Å². The summed E-state index contributed by atoms with van der Waals surface area (Å²) < 4.78 is 10.6. The van der Waals surface area contributed by atoms with Crippen molar-refractivity contribution in [1.29, 1.82) is 0 Å². The second-order valence-electron chi connectivity index (χ2n) is 6.23. The molecule has 0 bridgehead atoms. The summed E-state index contributed by atoms with van der Waals surface area (Å²) in [5.41, 5.74) is 0. The highest BCUT2D eigenvalue weighted by atomic mass is 16.5. The molecule has 8 nitrogen and oxygen atoms in total. The highest BCUT2D eigenvalue weighted by Crippen LogP contribution is 2.11. The monoisotopic (exact) mass is 350 g/mol. The van der Waals surface area contributed by atoms with Crippen molar-refractivity contribution in [3.05, 3.63) is 24.6 Å². The lowest BCUT2D eigenvalue weighted by Crippen LogP contribution is -2.35. The van der Waals surface area contributed by atoms with Gasteiger partial charge in [-0.25, -0.2) is 4.79 Å². The Bertz CT molecular complexity index is 525. The number of hydrogen-bond acceptors (Lipinski definition) is 6. The molecule has 3 aliphatic heterocycles. The van der Waals surface area contributed by atoms with Crippen LogP contribution in [0.3, 0.4) is 0 Å². The maximum absolute atomic E-state index is 12.4. The third-order valence-corrected chi connectivity index (χ3v) is 4.47. The van der Waals surface area contributed by atoms with E-state index in [4.69, 9.17) is 9.47 Å². The average molecular weight is 350 g/mol. The van der Waals surface area contributed by atoms with Gasteiger partial charge < -0.3 is 24.2 Å². The van der Waals surface area contributed by atoms with E-state index in [1.165, 1.54) is 4.90 Å². The zero-order valence-electron chi connectivity index (χ0n) is 14.5. The first-order chi connectivity index (χ1) is 12.2. The normalized spacial score (nSPS) is 22.9. The molecule has 0 N–H and O–H groups in total. The third-order valence-electron chi connectivity index (χ3n) is 4.47. The van der Waals surface area contributed by atoms with Gasteiger partial charge in [-0.05, 0) is 24.6 Å². The van der Waals surface area contributed by atoms with Crippen molar-refractivity contribution in [3.8, 4) is 0 Å². The number of amides is 3. The summed E-state index contributed by atoms with van der Waals surface area (Å²) >= 11 is 0. The first-order valence-corrected chi connectivity index (χ1v) is 8.80. The molecule has 0 spiro atoms. The van der Waals surface area contributed by atoms with E-state index in [-0.39, 0.29) is 18.5 Å². The lowest BCUT2D eigenvalue weighted by Gasteiger charge is -2.25. The van der Waals surface area contributed by atoms with Gasteiger partial charge in [0.25, 0.3) is 5.91 Å². The molecule has 0 saturated carbocycles. The Kier molecular flexibility index (Phi) is 6.30. The predicted octanol–water partition coefficient (Wildman–Crippen LogP) is -0.0576. The van der Waals surface area contributed by atoms with Crippen LogP contribution in [-0.4, -0.2) is 104 Å². The highest BCUT2D eigenvalue weighted by molar-refractivity contribution is 6.02. The fourth-order valence-electron chi connectivity index (χ4n) is 2.99. The van der Waals surface area contributed by atoms with E-state index in [1.807, 2.05) is 24.6 Å². The summed E-state index contributed by atoms with van der Waals surface area (Å²) in [5.74, 6) is -0.142. The van der Waals surface area contributed by atoms with Crippen LogP contribution in [0.15, 0.2) is 24.6 Å². The van der Waals surface area contributed by atoms with Crippen molar-refractivity contribution in [2.24, 2.45) is 0 Å². The zero-order valence-corrected chi connectivity index (χ0v) is 14.5. The van der Waals surface area contributed by atoms with Gasteiger partial charge in [0.2, 0.25) is 0 Å². The van der Waals surface area contributed by atoms with Gasteiger partial charge in [-0.15, -0.1) is 0 Å². The smallest absolute Gasteiger partial charge is 0.327 e. The van der Waals surface area contributed by atoms with Crippen molar-refractivity contribution < 1.29 is 19.1 Å². The summed E-state index contributed by atoms with van der Waals surface area (Å²) in [5, 5.41) is 0. The van der Waals surface area contributed by atoms with Gasteiger partial charge in [0.1, 0.15) is 6.54 Å². The van der Waals surface area contributed by atoms with Crippen LogP contribution < -0.4 is 0 Å². The van der Waals surface area contributed by atoms with Crippen LogP contribution in [0.25, 0.3) is 0 Å². The molecule has 3 rings (SSSR count). The minimum Gasteiger partial charge on any atom is -0.378 e. The maximum atomic E-state index is 12.4. The van der Waals surface area contributed by atoms with Crippen LogP contribution >= 0.6 is 0 Å². The number of nitrogens with zero attached hydrogens (tertiary/aromatic N) is 4. The van der Waals surface area contributed by atoms with E-state index >= 15 is 0 Å². The molecule has 25 heavy (non-hydrogen) atoms. The fraction of sp³-hybridized carbons (Fsp3) is 0.647. The Morgan fingerprint density at radius 1 is 0.800 bits per heavy atom. The quantitative estimate of drug-likeness (QED) is 0.626. The van der Waals surface area contributed by atoms with Crippen LogP contribution in [0.1, 0.15) is 0 Å². The SMILES string of the molecule is O=C1CN(CC=CN2CCOCC2)C(=O)N1CC=CN1CCOCC1. The molecule has 8 heteroatoms. The van der Waals surface area contributed by atoms with Gasteiger partial charge in [-0.3, -0.25) is 9.69 Å². The number of urea groups is 1. The van der Waals surface area contributed by atoms with Crippen LogP contribution in [0, 0.1) is 0 Å². The molecule has 3 amide bonds. The van der Waals surface area contributed by atoms with E-state index in [0.717, 1.165) is 52.6 Å². The molecule has 0 radical (unpaired) electrons. The van der Waals surface area contributed by atoms with Crippen molar-refractivity contribution >= 4 is 11.9 Å². The van der Waals surface area contributed by atoms with Crippen molar-refractivity contribution in [2.45, 2.75) is 0 Å². The number of morpholine rings is 2. The van der Waals surface area contributed by atoms with Gasteiger partial charge in [0, 0.05) is 32.7 Å². The van der Waals surface area contributed by atoms with E-state index in [2.05, 4.69) is 9.80 Å². The molecular formula is C17H26N4O4. The maximum Gasteiger partial charge on any atom is 0.327 e. The largest absolute Gasteiger partial charge is 0.378 e. The average Bonchev–Trinajstić information content (AvgIpc) is 2.91. The fourth-order valence-corrected chi connectivity index (χ4v) is 2.99. The summed E-state index contributed by atoms with van der Waals surface area (Å²) in [6.07, 6.45) is 7.74. The zero-order chi connectivity index (χ0) is 17.5. The number of carbonyl (C=O) groups excluding carboxylic acids is 2. The van der Waals surface area contributed by atoms with Crippen LogP contribution in [0.5, 0.6) is 0 Å². The van der Waals surface area contributed by atoms with Crippen LogP contribution in [0.4, 0.5) is 4.79 Å². The van der Waals surface area contributed by atoms with Crippen molar-refractivity contribution in [2.75, 3.05) is 72.2 Å². The second-order valence-corrected chi connectivity index (χ2v) is 6.23. The molecule has 138 valence electrons. The Morgan fingerprint density at radius 3 is 1.88 bits per heavy atom.